The van der Waals surface area contributed by atoms with Crippen LogP contribution in [-0.2, 0) is 22.5 Å². The van der Waals surface area contributed by atoms with Crippen LogP contribution in [0.2, 0.25) is 0 Å². The highest BCUT2D eigenvalue weighted by Gasteiger charge is 2.23. The van der Waals surface area contributed by atoms with Gasteiger partial charge in [0.2, 0.25) is 0 Å². The molecular weight excluding hydrogens is 294 g/mol. The van der Waals surface area contributed by atoms with Crippen LogP contribution in [0.4, 0.5) is 4.79 Å². The fraction of sp³-hybridized carbons (Fsp3) is 0.412. The maximum atomic E-state index is 12.2. The summed E-state index contributed by atoms with van der Waals surface area (Å²) in [6, 6.07) is 8.14. The number of H-pyrrole nitrogens is 1. The molecule has 1 aromatic heterocycles. The molecule has 2 amide bonds. The van der Waals surface area contributed by atoms with E-state index in [4.69, 9.17) is 0 Å². The normalized spacial score (nSPS) is 13.7. The van der Waals surface area contributed by atoms with Crippen LogP contribution >= 0.6 is 0 Å². The lowest BCUT2D eigenvalue weighted by Gasteiger charge is -2.27. The van der Waals surface area contributed by atoms with E-state index in [2.05, 4.69) is 27.2 Å². The second kappa shape index (κ2) is 6.73. The van der Waals surface area contributed by atoms with E-state index < -0.39 is 0 Å². The van der Waals surface area contributed by atoms with Crippen molar-refractivity contribution in [3.63, 3.8) is 0 Å². The first kappa shape index (κ1) is 15.4. The van der Waals surface area contributed by atoms with Crippen molar-refractivity contribution in [1.29, 1.82) is 0 Å². The lowest BCUT2D eigenvalue weighted by molar-refractivity contribution is -0.140. The summed E-state index contributed by atoms with van der Waals surface area (Å²) in [5.74, 6) is -0.250. The van der Waals surface area contributed by atoms with Crippen molar-refractivity contribution in [3.05, 3.63) is 35.5 Å². The van der Waals surface area contributed by atoms with Gasteiger partial charge in [-0.05, 0) is 24.5 Å². The van der Waals surface area contributed by atoms with Crippen molar-refractivity contribution < 1.29 is 14.3 Å². The summed E-state index contributed by atoms with van der Waals surface area (Å²) < 4.78 is 4.58. The topological polar surface area (TPSA) is 74.4 Å². The number of nitrogens with zero attached hydrogens (tertiary/aromatic N) is 1. The predicted octanol–water partition coefficient (Wildman–Crippen LogP) is 2.19. The van der Waals surface area contributed by atoms with Gasteiger partial charge in [-0.25, -0.2) is 4.79 Å². The van der Waals surface area contributed by atoms with E-state index >= 15 is 0 Å². The monoisotopic (exact) mass is 315 g/mol. The number of esters is 1. The smallest absolute Gasteiger partial charge is 0.317 e. The van der Waals surface area contributed by atoms with Crippen LogP contribution in [0.5, 0.6) is 0 Å². The van der Waals surface area contributed by atoms with Gasteiger partial charge in [0, 0.05) is 36.1 Å². The molecule has 0 aliphatic carbocycles. The third-order valence-electron chi connectivity index (χ3n) is 4.23. The summed E-state index contributed by atoms with van der Waals surface area (Å²) in [6.07, 6.45) is 1.77. The largest absolute Gasteiger partial charge is 0.469 e. The number of hydrogen-bond acceptors (Lipinski definition) is 3. The van der Waals surface area contributed by atoms with Gasteiger partial charge < -0.3 is 19.9 Å². The predicted molar refractivity (Wildman–Crippen MR) is 87.1 cm³/mol. The highest BCUT2D eigenvalue weighted by molar-refractivity contribution is 5.85. The van der Waals surface area contributed by atoms with Crippen molar-refractivity contribution in [2.45, 2.75) is 25.8 Å². The summed E-state index contributed by atoms with van der Waals surface area (Å²) in [5, 5.41) is 4.11. The number of carbonyl (C=O) groups is 2. The quantitative estimate of drug-likeness (QED) is 0.671. The van der Waals surface area contributed by atoms with Crippen LogP contribution in [0, 0.1) is 0 Å². The molecule has 23 heavy (non-hydrogen) atoms. The molecule has 0 bridgehead atoms. The number of benzene rings is 1. The number of hydrogen-bond donors (Lipinski definition) is 2. The van der Waals surface area contributed by atoms with Crippen LogP contribution in [0.15, 0.2) is 24.3 Å². The second-order valence-corrected chi connectivity index (χ2v) is 5.71. The zero-order valence-electron chi connectivity index (χ0n) is 13.2. The van der Waals surface area contributed by atoms with E-state index in [0.29, 0.717) is 32.5 Å². The molecule has 0 spiro atoms. The van der Waals surface area contributed by atoms with Crippen molar-refractivity contribution in [2.24, 2.45) is 0 Å². The highest BCUT2D eigenvalue weighted by atomic mass is 16.5. The third-order valence-corrected chi connectivity index (χ3v) is 4.23. The molecule has 3 rings (SSSR count). The van der Waals surface area contributed by atoms with Crippen molar-refractivity contribution in [2.75, 3.05) is 20.2 Å². The highest BCUT2D eigenvalue weighted by Crippen LogP contribution is 2.27. The first-order valence-electron chi connectivity index (χ1n) is 7.87. The second-order valence-electron chi connectivity index (χ2n) is 5.71. The van der Waals surface area contributed by atoms with Crippen molar-refractivity contribution in [1.82, 2.24) is 15.2 Å². The number of rotatable bonds is 4. The summed E-state index contributed by atoms with van der Waals surface area (Å²) in [4.78, 5) is 28.5. The Morgan fingerprint density at radius 3 is 3.00 bits per heavy atom. The fourth-order valence-corrected chi connectivity index (χ4v) is 3.01. The third kappa shape index (κ3) is 3.31. The number of aromatic nitrogens is 1. The van der Waals surface area contributed by atoms with Crippen molar-refractivity contribution in [3.8, 4) is 0 Å². The number of aromatic amines is 1. The number of nitrogens with one attached hydrogen (secondary N) is 2. The molecule has 2 N–H and O–H groups in total. The molecule has 0 atom stereocenters. The van der Waals surface area contributed by atoms with E-state index in [0.717, 1.165) is 17.6 Å². The minimum absolute atomic E-state index is 0.0841. The molecule has 0 saturated carbocycles. The molecule has 2 heterocycles. The molecule has 0 fully saturated rings. The van der Waals surface area contributed by atoms with Crippen LogP contribution in [0.3, 0.4) is 0 Å². The Morgan fingerprint density at radius 2 is 2.17 bits per heavy atom. The number of fused-ring (bicyclic) bond motifs is 3. The molecule has 6 heteroatoms. The maximum absolute atomic E-state index is 12.2. The zero-order chi connectivity index (χ0) is 16.2. The number of carbonyl (C=O) groups excluding carboxylic acids is 2. The molecule has 0 saturated heterocycles. The minimum atomic E-state index is -0.250. The van der Waals surface area contributed by atoms with Crippen LogP contribution < -0.4 is 5.32 Å². The minimum Gasteiger partial charge on any atom is -0.469 e. The molecular formula is C17H21N3O3. The Bertz CT molecular complexity index is 723. The Hall–Kier alpha value is -2.50. The van der Waals surface area contributed by atoms with Gasteiger partial charge >= 0.3 is 12.0 Å². The van der Waals surface area contributed by atoms with Gasteiger partial charge in [-0.3, -0.25) is 4.79 Å². The average Bonchev–Trinajstić information content (AvgIpc) is 2.95. The van der Waals surface area contributed by atoms with E-state index in [1.165, 1.54) is 18.1 Å². The fourth-order valence-electron chi connectivity index (χ4n) is 3.01. The molecule has 0 radical (unpaired) electrons. The Morgan fingerprint density at radius 1 is 1.35 bits per heavy atom. The number of methoxy groups -OCH3 is 1. The lowest BCUT2D eigenvalue weighted by atomic mass is 10.0. The van der Waals surface area contributed by atoms with Crippen LogP contribution in [0.25, 0.3) is 10.9 Å². The van der Waals surface area contributed by atoms with E-state index in [1.807, 2.05) is 12.1 Å². The number of urea groups is 1. The van der Waals surface area contributed by atoms with E-state index in [-0.39, 0.29) is 12.0 Å². The molecule has 0 unspecified atom stereocenters. The average molecular weight is 315 g/mol. The van der Waals surface area contributed by atoms with Gasteiger partial charge in [-0.15, -0.1) is 0 Å². The van der Waals surface area contributed by atoms with Crippen molar-refractivity contribution >= 4 is 22.9 Å². The summed E-state index contributed by atoms with van der Waals surface area (Å²) in [5.41, 5.74) is 3.55. The Balaban J connectivity index is 1.56. The zero-order valence-corrected chi connectivity index (χ0v) is 13.2. The van der Waals surface area contributed by atoms with Crippen LogP contribution in [0.1, 0.15) is 24.1 Å². The lowest BCUT2D eigenvalue weighted by Crippen LogP contribution is -2.43. The molecule has 122 valence electrons. The summed E-state index contributed by atoms with van der Waals surface area (Å²) in [6.45, 7) is 1.77. The molecule has 6 nitrogen and oxygen atoms in total. The summed E-state index contributed by atoms with van der Waals surface area (Å²) in [7, 11) is 1.37. The van der Waals surface area contributed by atoms with Gasteiger partial charge in [0.25, 0.3) is 0 Å². The first-order chi connectivity index (χ1) is 11.2. The molecule has 2 aromatic rings. The van der Waals surface area contributed by atoms with E-state index in [1.54, 1.807) is 4.90 Å². The number of para-hydroxylation sites is 1. The number of ether oxygens (including phenoxy) is 1. The Labute approximate surface area is 134 Å². The standard InChI is InChI=1S/C17H21N3O3/c1-23-16(21)7-4-9-18-17(22)20-10-8-13-12-5-2-3-6-14(12)19-15(13)11-20/h2-3,5-6,19H,4,7-11H2,1H3,(H,18,22). The first-order valence-corrected chi connectivity index (χ1v) is 7.87. The molecule has 1 aromatic carbocycles. The van der Waals surface area contributed by atoms with Gasteiger partial charge in [0.1, 0.15) is 0 Å². The number of amides is 2. The van der Waals surface area contributed by atoms with Crippen LogP contribution in [-0.4, -0.2) is 42.1 Å². The molecule has 1 aliphatic heterocycles. The van der Waals surface area contributed by atoms with Gasteiger partial charge in [-0.2, -0.15) is 0 Å². The molecule has 1 aliphatic rings. The maximum Gasteiger partial charge on any atom is 0.317 e. The SMILES string of the molecule is COC(=O)CCCNC(=O)N1CCc2c([nH]c3ccccc23)C1. The van der Waals surface area contributed by atoms with Gasteiger partial charge in [0.15, 0.2) is 0 Å². The van der Waals surface area contributed by atoms with Gasteiger partial charge in [0.05, 0.1) is 13.7 Å². The summed E-state index contributed by atoms with van der Waals surface area (Å²) >= 11 is 0. The van der Waals surface area contributed by atoms with Gasteiger partial charge in [-0.1, -0.05) is 18.2 Å². The van der Waals surface area contributed by atoms with E-state index in [9.17, 15) is 9.59 Å². The Kier molecular flexibility index (Phi) is 4.50.